The number of halogens is 1. The van der Waals surface area contributed by atoms with Crippen LogP contribution in [0.2, 0.25) is 0 Å². The highest BCUT2D eigenvalue weighted by Gasteiger charge is 2.38. The summed E-state index contributed by atoms with van der Waals surface area (Å²) >= 11 is 5.73. The maximum absolute atomic E-state index is 11.5. The van der Waals surface area contributed by atoms with Crippen molar-refractivity contribution in [2.24, 2.45) is 0 Å². The molecule has 0 radical (unpaired) electrons. The second kappa shape index (κ2) is 5.23. The summed E-state index contributed by atoms with van der Waals surface area (Å²) in [6, 6.07) is 4.07. The van der Waals surface area contributed by atoms with E-state index >= 15 is 0 Å². The minimum absolute atomic E-state index is 0.247. The number of quaternary nitrogens is 1. The van der Waals surface area contributed by atoms with Crippen LogP contribution in [0.15, 0.2) is 16.5 Å². The Morgan fingerprint density at radius 2 is 2.12 bits per heavy atom. The zero-order chi connectivity index (χ0) is 12.3. The van der Waals surface area contributed by atoms with Crippen molar-refractivity contribution in [2.75, 3.05) is 7.05 Å². The molecule has 4 heteroatoms. The second-order valence-corrected chi connectivity index (χ2v) is 5.19. The van der Waals surface area contributed by atoms with Crippen LogP contribution in [-0.2, 0) is 10.7 Å². The topological polar surface area (TPSA) is 30.2 Å². The van der Waals surface area contributed by atoms with E-state index in [0.29, 0.717) is 17.8 Å². The Bertz CT molecular complexity index is 385. The molecule has 0 aliphatic heterocycles. The lowest BCUT2D eigenvalue weighted by Crippen LogP contribution is -2.53. The van der Waals surface area contributed by atoms with Gasteiger partial charge in [0.25, 0.3) is 0 Å². The van der Waals surface area contributed by atoms with Gasteiger partial charge in [-0.2, -0.15) is 4.48 Å². The highest BCUT2D eigenvalue weighted by molar-refractivity contribution is 6.16. The first-order chi connectivity index (χ1) is 8.20. The molecule has 0 spiro atoms. The maximum atomic E-state index is 11.5. The third kappa shape index (κ3) is 2.40. The van der Waals surface area contributed by atoms with Crippen LogP contribution in [0.1, 0.15) is 37.9 Å². The molecule has 1 heterocycles. The van der Waals surface area contributed by atoms with E-state index in [4.69, 9.17) is 16.0 Å². The molecule has 1 aliphatic rings. The summed E-state index contributed by atoms with van der Waals surface area (Å²) in [4.78, 5) is 11.5. The Morgan fingerprint density at radius 3 is 2.65 bits per heavy atom. The number of carbonyl (C=O) groups excluding carboxylic acids is 1. The molecule has 1 aromatic heterocycles. The fourth-order valence-corrected chi connectivity index (χ4v) is 2.78. The largest absolute Gasteiger partial charge is 0.416 e. The van der Waals surface area contributed by atoms with Crippen LogP contribution < -0.4 is 4.48 Å². The molecule has 1 aliphatic carbocycles. The first-order valence-electron chi connectivity index (χ1n) is 6.18. The van der Waals surface area contributed by atoms with Crippen molar-refractivity contribution >= 4 is 23.9 Å². The third-order valence-corrected chi connectivity index (χ3v) is 4.07. The molecule has 3 nitrogen and oxygen atoms in total. The summed E-state index contributed by atoms with van der Waals surface area (Å²) in [5.41, 5.74) is 0. The summed E-state index contributed by atoms with van der Waals surface area (Å²) in [5.74, 6) is 1.79. The van der Waals surface area contributed by atoms with E-state index in [1.165, 1.54) is 19.3 Å². The monoisotopic (exact) mass is 256 g/mol. The highest BCUT2D eigenvalue weighted by Crippen LogP contribution is 2.32. The minimum atomic E-state index is 0.247. The molecule has 1 amide bonds. The molecule has 1 saturated carbocycles. The molecule has 1 aromatic rings. The standard InChI is InChI=1S/C13H19ClNO2/c1-15(10-16,11-5-3-2-4-6-11)13-8-7-12(9-14)17-13/h7-8,10-11H,2-6,9H2,1H3/q+1. The smallest absolute Gasteiger partial charge is 0.309 e. The Labute approximate surface area is 107 Å². The van der Waals surface area contributed by atoms with E-state index in [9.17, 15) is 4.79 Å². The van der Waals surface area contributed by atoms with Crippen molar-refractivity contribution in [3.05, 3.63) is 17.9 Å². The average molecular weight is 257 g/mol. The van der Waals surface area contributed by atoms with Crippen LogP contribution in [-0.4, -0.2) is 19.5 Å². The van der Waals surface area contributed by atoms with Crippen molar-refractivity contribution in [1.29, 1.82) is 0 Å². The molecular weight excluding hydrogens is 238 g/mol. The number of alkyl halides is 1. The van der Waals surface area contributed by atoms with Crippen LogP contribution in [0.4, 0.5) is 5.88 Å². The van der Waals surface area contributed by atoms with Gasteiger partial charge in [-0.05, 0) is 18.9 Å². The number of amides is 1. The van der Waals surface area contributed by atoms with Crippen LogP contribution in [0.3, 0.4) is 0 Å². The molecule has 1 fully saturated rings. The number of nitrogens with zero attached hydrogens (tertiary/aromatic N) is 1. The van der Waals surface area contributed by atoms with E-state index in [2.05, 4.69) is 0 Å². The van der Waals surface area contributed by atoms with Gasteiger partial charge >= 0.3 is 12.3 Å². The normalized spacial score (nSPS) is 21.1. The van der Waals surface area contributed by atoms with Gasteiger partial charge in [-0.15, -0.1) is 11.6 Å². The Balaban J connectivity index is 2.25. The fourth-order valence-electron chi connectivity index (χ4n) is 2.63. The van der Waals surface area contributed by atoms with Gasteiger partial charge < -0.3 is 4.42 Å². The zero-order valence-corrected chi connectivity index (χ0v) is 10.9. The first kappa shape index (κ1) is 12.7. The van der Waals surface area contributed by atoms with Crippen LogP contribution in [0.25, 0.3) is 0 Å². The second-order valence-electron chi connectivity index (χ2n) is 4.92. The zero-order valence-electron chi connectivity index (χ0n) is 10.2. The van der Waals surface area contributed by atoms with Gasteiger partial charge in [0.15, 0.2) is 0 Å². The lowest BCUT2D eigenvalue weighted by atomic mass is 9.93. The Morgan fingerprint density at radius 1 is 1.41 bits per heavy atom. The molecule has 0 aromatic carbocycles. The molecule has 2 rings (SSSR count). The summed E-state index contributed by atoms with van der Waals surface area (Å²) in [5, 5.41) is 0. The molecule has 0 saturated heterocycles. The van der Waals surface area contributed by atoms with Crippen LogP contribution in [0, 0.1) is 0 Å². The third-order valence-electron chi connectivity index (χ3n) is 3.81. The quantitative estimate of drug-likeness (QED) is 0.469. The average Bonchev–Trinajstić information content (AvgIpc) is 2.88. The van der Waals surface area contributed by atoms with Crippen molar-refractivity contribution in [3.8, 4) is 0 Å². The molecular formula is C13H19ClNO2+. The molecule has 1 unspecified atom stereocenters. The molecule has 1 atom stereocenters. The van der Waals surface area contributed by atoms with Crippen molar-refractivity contribution < 1.29 is 9.21 Å². The van der Waals surface area contributed by atoms with Gasteiger partial charge in [0.05, 0.1) is 12.9 Å². The summed E-state index contributed by atoms with van der Waals surface area (Å²) in [6.07, 6.45) is 6.86. The van der Waals surface area contributed by atoms with E-state index in [0.717, 1.165) is 25.0 Å². The van der Waals surface area contributed by atoms with Crippen LogP contribution >= 0.6 is 11.6 Å². The molecule has 0 N–H and O–H groups in total. The van der Waals surface area contributed by atoms with Gasteiger partial charge in [-0.1, -0.05) is 6.42 Å². The lowest BCUT2D eigenvalue weighted by molar-refractivity contribution is -0.119. The van der Waals surface area contributed by atoms with Gasteiger partial charge in [0.1, 0.15) is 11.8 Å². The Hall–Kier alpha value is -0.800. The number of carbonyl (C=O) groups is 1. The number of hydrogen-bond donors (Lipinski definition) is 0. The molecule has 94 valence electrons. The van der Waals surface area contributed by atoms with Gasteiger partial charge in [-0.25, -0.2) is 4.79 Å². The SMILES string of the molecule is C[N+](C=O)(c1ccc(CCl)o1)C1CCCCC1. The number of hydrogen-bond acceptors (Lipinski definition) is 2. The highest BCUT2D eigenvalue weighted by atomic mass is 35.5. The minimum Gasteiger partial charge on any atom is -0.416 e. The van der Waals surface area contributed by atoms with E-state index in [1.54, 1.807) is 0 Å². The summed E-state index contributed by atoms with van der Waals surface area (Å²) < 4.78 is 5.90. The predicted molar refractivity (Wildman–Crippen MR) is 68.9 cm³/mol. The van der Waals surface area contributed by atoms with E-state index in [-0.39, 0.29) is 4.48 Å². The van der Waals surface area contributed by atoms with Gasteiger partial charge in [0, 0.05) is 18.9 Å². The number of rotatable bonds is 4. The fraction of sp³-hybridized carbons (Fsp3) is 0.615. The molecule has 0 bridgehead atoms. The molecule has 17 heavy (non-hydrogen) atoms. The van der Waals surface area contributed by atoms with Crippen molar-refractivity contribution in [2.45, 2.75) is 44.0 Å². The van der Waals surface area contributed by atoms with E-state index in [1.807, 2.05) is 19.2 Å². The Kier molecular flexibility index (Phi) is 3.89. The predicted octanol–water partition coefficient (Wildman–Crippen LogP) is 3.44. The lowest BCUT2D eigenvalue weighted by Gasteiger charge is -2.35. The van der Waals surface area contributed by atoms with Crippen molar-refractivity contribution in [1.82, 2.24) is 4.48 Å². The summed E-state index contributed by atoms with van der Waals surface area (Å²) in [6.45, 7) is 0. The van der Waals surface area contributed by atoms with Gasteiger partial charge in [-0.3, -0.25) is 0 Å². The summed E-state index contributed by atoms with van der Waals surface area (Å²) in [7, 11) is 1.93. The van der Waals surface area contributed by atoms with Gasteiger partial charge in [0.2, 0.25) is 0 Å². The first-order valence-corrected chi connectivity index (χ1v) is 6.71. The van der Waals surface area contributed by atoms with E-state index < -0.39 is 0 Å². The maximum Gasteiger partial charge on any atom is 0.309 e. The number of furan rings is 1. The van der Waals surface area contributed by atoms with Crippen LogP contribution in [0.5, 0.6) is 0 Å². The van der Waals surface area contributed by atoms with Crippen molar-refractivity contribution in [3.63, 3.8) is 0 Å².